The number of rotatable bonds is 4. The molecule has 0 aliphatic heterocycles. The highest BCUT2D eigenvalue weighted by Gasteiger charge is 2.37. The molecular weight excluding hydrogens is 412 g/mol. The Kier molecular flexibility index (Phi) is 5.17. The summed E-state index contributed by atoms with van der Waals surface area (Å²) in [4.78, 5) is 14.2. The van der Waals surface area contributed by atoms with E-state index in [2.05, 4.69) is 74.5 Å². The van der Waals surface area contributed by atoms with E-state index in [1.807, 2.05) is 26.0 Å². The Bertz CT molecular complexity index is 1300. The number of carbonyl (C=O) groups excluding carboxylic acids is 1. The van der Waals surface area contributed by atoms with E-state index in [0.717, 1.165) is 12.8 Å². The minimum atomic E-state index is -0.511. The molecule has 0 fully saturated rings. The van der Waals surface area contributed by atoms with E-state index in [4.69, 9.17) is 4.74 Å². The molecule has 0 N–H and O–H groups in total. The van der Waals surface area contributed by atoms with Gasteiger partial charge in [-0.2, -0.15) is 0 Å². The average Bonchev–Trinajstić information content (AvgIpc) is 3.31. The number of carbonyl (C=O) groups is 1. The Morgan fingerprint density at radius 1 is 0.875 bits per heavy atom. The van der Waals surface area contributed by atoms with Gasteiger partial charge in [0.1, 0.15) is 5.60 Å². The number of hydrogen-bond donors (Lipinski definition) is 0. The van der Waals surface area contributed by atoms with Crippen molar-refractivity contribution < 1.29 is 9.53 Å². The van der Waals surface area contributed by atoms with Crippen molar-refractivity contribution in [2.45, 2.75) is 46.1 Å². The fourth-order valence-corrected chi connectivity index (χ4v) is 7.52. The minimum Gasteiger partial charge on any atom is -0.455 e. The van der Waals surface area contributed by atoms with Crippen LogP contribution in [0.5, 0.6) is 0 Å². The van der Waals surface area contributed by atoms with Crippen molar-refractivity contribution in [1.29, 1.82) is 0 Å². The van der Waals surface area contributed by atoms with Gasteiger partial charge in [-0.3, -0.25) is 0 Å². The molecule has 0 spiro atoms. The van der Waals surface area contributed by atoms with Crippen molar-refractivity contribution >= 4 is 36.6 Å². The molecule has 1 aromatic heterocycles. The first-order valence-electron chi connectivity index (χ1n) is 11.3. The van der Waals surface area contributed by atoms with Crippen LogP contribution in [-0.2, 0) is 4.74 Å². The molecule has 4 aromatic rings. The van der Waals surface area contributed by atoms with E-state index in [1.165, 1.54) is 36.2 Å². The van der Waals surface area contributed by atoms with Gasteiger partial charge in [-0.15, -0.1) is 0 Å². The van der Waals surface area contributed by atoms with Crippen LogP contribution in [0.1, 0.15) is 50.9 Å². The van der Waals surface area contributed by atoms with Gasteiger partial charge in [0.2, 0.25) is 0 Å². The zero-order valence-corrected chi connectivity index (χ0v) is 20.0. The Labute approximate surface area is 192 Å². The van der Waals surface area contributed by atoms with E-state index < -0.39 is 5.60 Å². The maximum Gasteiger partial charge on any atom is 0.338 e. The molecule has 2 nitrogen and oxygen atoms in total. The normalized spacial score (nSPS) is 16.8. The summed E-state index contributed by atoms with van der Waals surface area (Å²) >= 11 is 0. The van der Waals surface area contributed by atoms with Crippen molar-refractivity contribution in [3.05, 3.63) is 89.5 Å². The van der Waals surface area contributed by atoms with E-state index >= 15 is 0 Å². The summed E-state index contributed by atoms with van der Waals surface area (Å²) in [6.45, 7) is 8.45. The predicted octanol–water partition coefficient (Wildman–Crippen LogP) is 8.41. The second-order valence-corrected chi connectivity index (χ2v) is 11.3. The van der Waals surface area contributed by atoms with Gasteiger partial charge in [0, 0.05) is 27.2 Å². The van der Waals surface area contributed by atoms with Crippen molar-refractivity contribution in [3.63, 3.8) is 0 Å². The van der Waals surface area contributed by atoms with Crippen LogP contribution in [0.4, 0.5) is 0 Å². The number of hydrogen-bond acceptors (Lipinski definition) is 2. The SMILES string of the molecule is CC1=C(C)C(C(C)(C)OC(=O)c2ccc(-[s+]3c4ccccc4c4ccccc43)cc2)CC1. The highest BCUT2D eigenvalue weighted by molar-refractivity contribution is 7.50. The van der Waals surface area contributed by atoms with Crippen molar-refractivity contribution in [1.82, 2.24) is 0 Å². The van der Waals surface area contributed by atoms with Crippen LogP contribution in [0.3, 0.4) is 0 Å². The summed E-state index contributed by atoms with van der Waals surface area (Å²) < 4.78 is 8.74. The summed E-state index contributed by atoms with van der Waals surface area (Å²) in [7, 11) is -0.150. The molecule has 0 bridgehead atoms. The highest BCUT2D eigenvalue weighted by atomic mass is 32.2. The van der Waals surface area contributed by atoms with E-state index in [9.17, 15) is 4.79 Å². The zero-order chi connectivity index (χ0) is 22.5. The first-order valence-corrected chi connectivity index (χ1v) is 12.5. The van der Waals surface area contributed by atoms with Crippen molar-refractivity contribution in [2.24, 2.45) is 5.92 Å². The Balaban J connectivity index is 1.46. The molecule has 1 atom stereocenters. The lowest BCUT2D eigenvalue weighted by atomic mass is 9.85. The third-order valence-corrected chi connectivity index (χ3v) is 9.36. The van der Waals surface area contributed by atoms with E-state index in [-0.39, 0.29) is 16.4 Å². The molecule has 1 aliphatic carbocycles. The molecule has 0 radical (unpaired) electrons. The molecule has 0 saturated heterocycles. The van der Waals surface area contributed by atoms with Crippen LogP contribution in [0, 0.1) is 5.92 Å². The molecule has 5 rings (SSSR count). The topological polar surface area (TPSA) is 26.3 Å². The summed E-state index contributed by atoms with van der Waals surface area (Å²) in [6.07, 6.45) is 2.15. The third kappa shape index (κ3) is 3.45. The Hall–Kier alpha value is -2.91. The van der Waals surface area contributed by atoms with Crippen LogP contribution >= 0.6 is 10.5 Å². The number of ether oxygens (including phenoxy) is 1. The summed E-state index contributed by atoms with van der Waals surface area (Å²) in [5, 5.41) is 2.62. The van der Waals surface area contributed by atoms with Crippen LogP contribution in [0.25, 0.3) is 25.1 Å². The van der Waals surface area contributed by atoms with Crippen molar-refractivity contribution in [3.8, 4) is 4.90 Å². The van der Waals surface area contributed by atoms with Gasteiger partial charge in [0.05, 0.1) is 5.56 Å². The van der Waals surface area contributed by atoms with Gasteiger partial charge in [-0.1, -0.05) is 35.4 Å². The molecular formula is C29H29O2S+. The molecule has 3 heteroatoms. The molecule has 0 saturated carbocycles. The smallest absolute Gasteiger partial charge is 0.338 e. The number of esters is 1. The number of allylic oxidation sites excluding steroid dienone is 1. The van der Waals surface area contributed by atoms with Gasteiger partial charge in [0.15, 0.2) is 14.3 Å². The fourth-order valence-electron chi connectivity index (χ4n) is 5.14. The van der Waals surface area contributed by atoms with Gasteiger partial charge < -0.3 is 4.74 Å². The van der Waals surface area contributed by atoms with Crippen LogP contribution in [0.15, 0.2) is 83.9 Å². The van der Waals surface area contributed by atoms with Gasteiger partial charge >= 0.3 is 5.97 Å². The molecule has 0 amide bonds. The summed E-state index contributed by atoms with van der Waals surface area (Å²) in [5.41, 5.74) is 2.91. The first-order chi connectivity index (χ1) is 15.4. The lowest BCUT2D eigenvalue weighted by Gasteiger charge is -2.32. The zero-order valence-electron chi connectivity index (χ0n) is 19.1. The molecule has 1 heterocycles. The lowest BCUT2D eigenvalue weighted by molar-refractivity contribution is -0.0219. The standard InChI is InChI=1S/C29H29O2S/c1-19-13-18-25(20(19)2)29(3,4)31-28(30)21-14-16-22(17-15-21)32-26-11-7-5-9-23(26)24-10-6-8-12-27(24)32/h5-12,14-17,25H,13,18H2,1-4H3/q+1. The largest absolute Gasteiger partial charge is 0.455 e. The summed E-state index contributed by atoms with van der Waals surface area (Å²) in [6, 6.07) is 25.3. The maximum absolute atomic E-state index is 13.0. The van der Waals surface area contributed by atoms with Crippen LogP contribution in [0.2, 0.25) is 0 Å². The second-order valence-electron chi connectivity index (χ2n) is 9.37. The first kappa shape index (κ1) is 21.0. The Morgan fingerprint density at radius 2 is 1.44 bits per heavy atom. The molecule has 3 aromatic carbocycles. The van der Waals surface area contributed by atoms with Crippen LogP contribution < -0.4 is 0 Å². The highest BCUT2D eigenvalue weighted by Crippen LogP contribution is 2.48. The monoisotopic (exact) mass is 441 g/mol. The second kappa shape index (κ2) is 7.90. The lowest BCUT2D eigenvalue weighted by Crippen LogP contribution is -2.36. The quantitative estimate of drug-likeness (QED) is 0.180. The van der Waals surface area contributed by atoms with Gasteiger partial charge in [0.25, 0.3) is 0 Å². The average molecular weight is 442 g/mol. The molecule has 1 aliphatic rings. The number of benzene rings is 3. The molecule has 1 unspecified atom stereocenters. The summed E-state index contributed by atoms with van der Waals surface area (Å²) in [5.74, 6) is 0.0492. The predicted molar refractivity (Wildman–Crippen MR) is 136 cm³/mol. The molecule has 162 valence electrons. The van der Waals surface area contributed by atoms with Gasteiger partial charge in [-0.25, -0.2) is 4.79 Å². The molecule has 32 heavy (non-hydrogen) atoms. The fraction of sp³-hybridized carbons (Fsp3) is 0.276. The Morgan fingerprint density at radius 3 is 1.97 bits per heavy atom. The maximum atomic E-state index is 13.0. The minimum absolute atomic E-state index is 0.150. The van der Waals surface area contributed by atoms with Crippen molar-refractivity contribution in [2.75, 3.05) is 0 Å². The van der Waals surface area contributed by atoms with E-state index in [1.54, 1.807) is 0 Å². The van der Waals surface area contributed by atoms with Gasteiger partial charge in [-0.05, 0) is 89.1 Å². The third-order valence-electron chi connectivity index (χ3n) is 7.03. The van der Waals surface area contributed by atoms with E-state index in [0.29, 0.717) is 11.5 Å². The number of fused-ring (bicyclic) bond motifs is 3. The number of thiophene rings is 1. The van der Waals surface area contributed by atoms with Crippen LogP contribution in [-0.4, -0.2) is 11.6 Å².